The predicted molar refractivity (Wildman–Crippen MR) is 100 cm³/mol. The predicted octanol–water partition coefficient (Wildman–Crippen LogP) is 3.73. The van der Waals surface area contributed by atoms with Gasteiger partial charge in [0.05, 0.1) is 22.5 Å². The Morgan fingerprint density at radius 2 is 1.79 bits per heavy atom. The van der Waals surface area contributed by atoms with Crippen molar-refractivity contribution in [1.29, 1.82) is 0 Å². The van der Waals surface area contributed by atoms with E-state index in [1.165, 1.54) is 42.6 Å². The van der Waals surface area contributed by atoms with E-state index in [0.717, 1.165) is 10.7 Å². The molecule has 0 aliphatic rings. The largest absolute Gasteiger partial charge is 0.382 e. The number of hydrogen-bond donors (Lipinski definition) is 1. The topological polar surface area (TPSA) is 90.1 Å². The van der Waals surface area contributed by atoms with Crippen molar-refractivity contribution < 1.29 is 13.7 Å². The number of nitro groups is 1. The molecular formula is C18H13ClF2N4O3. The van der Waals surface area contributed by atoms with E-state index >= 15 is 0 Å². The average Bonchev–Trinajstić information content (AvgIpc) is 2.64. The van der Waals surface area contributed by atoms with E-state index < -0.39 is 22.1 Å². The Morgan fingerprint density at radius 3 is 2.39 bits per heavy atom. The van der Waals surface area contributed by atoms with Crippen LogP contribution in [0.2, 0.25) is 5.02 Å². The van der Waals surface area contributed by atoms with Crippen LogP contribution in [0.4, 0.5) is 20.2 Å². The van der Waals surface area contributed by atoms with Crippen LogP contribution in [-0.2, 0) is 6.42 Å². The second-order valence-corrected chi connectivity index (χ2v) is 6.20. The van der Waals surface area contributed by atoms with Gasteiger partial charge in [-0.15, -0.1) is 0 Å². The van der Waals surface area contributed by atoms with E-state index in [1.54, 1.807) is 0 Å². The summed E-state index contributed by atoms with van der Waals surface area (Å²) in [5.74, 6) is -1.33. The fourth-order valence-electron chi connectivity index (χ4n) is 2.55. The van der Waals surface area contributed by atoms with Gasteiger partial charge in [0.25, 0.3) is 11.2 Å². The summed E-state index contributed by atoms with van der Waals surface area (Å²) in [6, 6.07) is 8.50. The molecule has 0 radical (unpaired) electrons. The number of nitro benzene ring substituents is 1. The zero-order valence-electron chi connectivity index (χ0n) is 14.2. The van der Waals surface area contributed by atoms with Gasteiger partial charge in [-0.2, -0.15) is 9.78 Å². The third-order valence-electron chi connectivity index (χ3n) is 3.88. The maximum Gasteiger partial charge on any atom is 0.292 e. The van der Waals surface area contributed by atoms with Crippen LogP contribution in [0, 0.1) is 21.7 Å². The molecule has 0 spiro atoms. The summed E-state index contributed by atoms with van der Waals surface area (Å²) >= 11 is 6.10. The fourth-order valence-corrected chi connectivity index (χ4v) is 2.75. The number of nitrogens with one attached hydrogen (secondary N) is 1. The highest BCUT2D eigenvalue weighted by atomic mass is 35.5. The number of aromatic nitrogens is 2. The zero-order chi connectivity index (χ0) is 20.3. The highest BCUT2D eigenvalue weighted by Crippen LogP contribution is 2.18. The number of halogens is 3. The van der Waals surface area contributed by atoms with Crippen LogP contribution < -0.4 is 10.9 Å². The summed E-state index contributed by atoms with van der Waals surface area (Å²) in [4.78, 5) is 22.6. The van der Waals surface area contributed by atoms with Gasteiger partial charge in [0.2, 0.25) is 0 Å². The smallest absolute Gasteiger partial charge is 0.292 e. The normalized spacial score (nSPS) is 10.7. The van der Waals surface area contributed by atoms with E-state index in [0.29, 0.717) is 17.7 Å². The van der Waals surface area contributed by atoms with Gasteiger partial charge >= 0.3 is 0 Å². The summed E-state index contributed by atoms with van der Waals surface area (Å²) in [5, 5.41) is 17.5. The molecule has 0 atom stereocenters. The number of hydrogen-bond acceptors (Lipinski definition) is 5. The first-order valence-corrected chi connectivity index (χ1v) is 8.44. The van der Waals surface area contributed by atoms with Gasteiger partial charge in [0, 0.05) is 24.7 Å². The van der Waals surface area contributed by atoms with Gasteiger partial charge in [-0.3, -0.25) is 14.9 Å². The monoisotopic (exact) mass is 406 g/mol. The molecule has 3 aromatic rings. The molecule has 0 saturated carbocycles. The van der Waals surface area contributed by atoms with E-state index in [4.69, 9.17) is 11.6 Å². The molecule has 0 saturated heterocycles. The van der Waals surface area contributed by atoms with Crippen molar-refractivity contribution in [2.24, 2.45) is 0 Å². The SMILES string of the molecule is O=c1c(Cl)c(NCCc2cc(F)cc(F)c2)cnn1-c1ccc([N+](=O)[O-])cc1. The minimum atomic E-state index is -0.666. The first kappa shape index (κ1) is 19.4. The first-order chi connectivity index (χ1) is 13.3. The van der Waals surface area contributed by atoms with Gasteiger partial charge < -0.3 is 5.32 Å². The van der Waals surface area contributed by atoms with Crippen molar-refractivity contribution in [2.75, 3.05) is 11.9 Å². The van der Waals surface area contributed by atoms with E-state index in [9.17, 15) is 23.7 Å². The number of nitrogens with zero attached hydrogens (tertiary/aromatic N) is 3. The molecule has 0 aliphatic heterocycles. The molecule has 0 amide bonds. The number of rotatable bonds is 6. The lowest BCUT2D eigenvalue weighted by Crippen LogP contribution is -2.23. The van der Waals surface area contributed by atoms with Crippen LogP contribution in [0.3, 0.4) is 0 Å². The average molecular weight is 407 g/mol. The summed E-state index contributed by atoms with van der Waals surface area (Å²) in [7, 11) is 0. The summed E-state index contributed by atoms with van der Waals surface area (Å²) < 4.78 is 27.4. The number of benzene rings is 2. The molecule has 3 rings (SSSR count). The van der Waals surface area contributed by atoms with Crippen LogP contribution in [0.5, 0.6) is 0 Å². The lowest BCUT2D eigenvalue weighted by Gasteiger charge is -2.10. The Kier molecular flexibility index (Phi) is 5.65. The van der Waals surface area contributed by atoms with E-state index in [1.807, 2.05) is 0 Å². The maximum atomic E-state index is 13.2. The molecule has 0 aliphatic carbocycles. The molecule has 2 aromatic carbocycles. The maximum absolute atomic E-state index is 13.2. The van der Waals surface area contributed by atoms with Crippen molar-refractivity contribution in [1.82, 2.24) is 9.78 Å². The number of non-ortho nitro benzene ring substituents is 1. The van der Waals surface area contributed by atoms with Crippen molar-refractivity contribution in [3.05, 3.63) is 91.4 Å². The molecule has 28 heavy (non-hydrogen) atoms. The third kappa shape index (κ3) is 4.32. The number of anilines is 1. The van der Waals surface area contributed by atoms with E-state index in [2.05, 4.69) is 10.4 Å². The van der Waals surface area contributed by atoms with Crippen LogP contribution >= 0.6 is 11.6 Å². The van der Waals surface area contributed by atoms with Gasteiger partial charge in [0.1, 0.15) is 16.7 Å². The summed E-state index contributed by atoms with van der Waals surface area (Å²) in [5.41, 5.74) is 0.307. The Balaban J connectivity index is 1.74. The standard InChI is InChI=1S/C18H13ClF2N4O3/c19-17-16(22-6-5-11-7-12(20)9-13(21)8-11)10-23-24(18(17)26)14-1-3-15(4-2-14)25(27)28/h1-4,7-10,22H,5-6H2. The molecule has 10 heteroatoms. The lowest BCUT2D eigenvalue weighted by atomic mass is 10.1. The molecule has 144 valence electrons. The van der Waals surface area contributed by atoms with Crippen molar-refractivity contribution in [3.8, 4) is 5.69 Å². The van der Waals surface area contributed by atoms with Gasteiger partial charge in [-0.25, -0.2) is 8.78 Å². The molecule has 1 N–H and O–H groups in total. The minimum Gasteiger partial charge on any atom is -0.382 e. The lowest BCUT2D eigenvalue weighted by molar-refractivity contribution is -0.384. The van der Waals surface area contributed by atoms with Crippen LogP contribution in [0.25, 0.3) is 5.69 Å². The molecule has 0 fully saturated rings. The molecule has 0 unspecified atom stereocenters. The Labute approximate surface area is 162 Å². The first-order valence-electron chi connectivity index (χ1n) is 8.06. The Hall–Kier alpha value is -3.33. The second kappa shape index (κ2) is 8.13. The van der Waals surface area contributed by atoms with Crippen LogP contribution in [0.1, 0.15) is 5.56 Å². The quantitative estimate of drug-likeness (QED) is 0.497. The van der Waals surface area contributed by atoms with E-state index in [-0.39, 0.29) is 22.9 Å². The fraction of sp³-hybridized carbons (Fsp3) is 0.111. The molecule has 0 bridgehead atoms. The van der Waals surface area contributed by atoms with Crippen molar-refractivity contribution in [3.63, 3.8) is 0 Å². The molecule has 1 heterocycles. The van der Waals surface area contributed by atoms with Gasteiger partial charge in [0.15, 0.2) is 0 Å². The minimum absolute atomic E-state index is 0.116. The molecular weight excluding hydrogens is 394 g/mol. The van der Waals surface area contributed by atoms with Crippen molar-refractivity contribution >= 4 is 23.0 Å². The highest BCUT2D eigenvalue weighted by Gasteiger charge is 2.12. The van der Waals surface area contributed by atoms with Crippen LogP contribution in [-0.4, -0.2) is 21.2 Å². The summed E-state index contributed by atoms with van der Waals surface area (Å²) in [6.45, 7) is 0.269. The Bertz CT molecular complexity index is 1070. The molecule has 1 aromatic heterocycles. The summed E-state index contributed by atoms with van der Waals surface area (Å²) in [6.07, 6.45) is 1.63. The van der Waals surface area contributed by atoms with Gasteiger partial charge in [-0.1, -0.05) is 11.6 Å². The Morgan fingerprint density at radius 1 is 1.14 bits per heavy atom. The zero-order valence-corrected chi connectivity index (χ0v) is 15.0. The third-order valence-corrected chi connectivity index (χ3v) is 4.24. The highest BCUT2D eigenvalue weighted by molar-refractivity contribution is 6.32. The van der Waals surface area contributed by atoms with Crippen LogP contribution in [0.15, 0.2) is 53.5 Å². The molecule has 7 nitrogen and oxygen atoms in total. The van der Waals surface area contributed by atoms with Crippen molar-refractivity contribution in [2.45, 2.75) is 6.42 Å². The second-order valence-electron chi connectivity index (χ2n) is 5.82. The van der Waals surface area contributed by atoms with Gasteiger partial charge in [-0.05, 0) is 36.2 Å².